The zero-order valence-electron chi connectivity index (χ0n) is 11.2. The van der Waals surface area contributed by atoms with Gasteiger partial charge in [0, 0.05) is 22.3 Å². The van der Waals surface area contributed by atoms with Crippen LogP contribution in [0.1, 0.15) is 16.3 Å². The van der Waals surface area contributed by atoms with Crippen LogP contribution in [0.2, 0.25) is 0 Å². The van der Waals surface area contributed by atoms with Gasteiger partial charge in [-0.1, -0.05) is 18.1 Å². The minimum atomic E-state index is 0.565. The van der Waals surface area contributed by atoms with Crippen LogP contribution in [0.15, 0.2) is 29.6 Å². The summed E-state index contributed by atoms with van der Waals surface area (Å²) in [7, 11) is 0. The summed E-state index contributed by atoms with van der Waals surface area (Å²) in [5.41, 5.74) is 2.87. The predicted molar refractivity (Wildman–Crippen MR) is 84.9 cm³/mol. The third-order valence-corrected chi connectivity index (χ3v) is 4.01. The number of tetrazole rings is 1. The summed E-state index contributed by atoms with van der Waals surface area (Å²) in [5, 5.41) is 16.8. The largest absolute Gasteiger partial charge is 0.232 e. The lowest BCUT2D eigenvalue weighted by atomic mass is 10.1. The number of thioether (sulfide) groups is 1. The molecule has 0 fully saturated rings. The maximum absolute atomic E-state index is 4.47. The van der Waals surface area contributed by atoms with Gasteiger partial charge in [0.05, 0.1) is 5.69 Å². The molecule has 1 N–H and O–H groups in total. The summed E-state index contributed by atoms with van der Waals surface area (Å²) in [5.74, 6) is 7.71. The van der Waals surface area contributed by atoms with Gasteiger partial charge in [-0.05, 0) is 29.5 Å². The Balaban J connectivity index is 1.82. The lowest BCUT2D eigenvalue weighted by molar-refractivity contribution is 0.881. The number of thiazole rings is 1. The molecule has 5 nitrogen and oxygen atoms in total. The Kier molecular flexibility index (Phi) is 4.28. The predicted octanol–water partition coefficient (Wildman–Crippen LogP) is 2.59. The van der Waals surface area contributed by atoms with Crippen molar-refractivity contribution in [2.24, 2.45) is 0 Å². The SMILES string of the molecule is CSCc1csc(C#Cc2cccc(-c3nn[nH]n3)c2)n1. The van der Waals surface area contributed by atoms with Gasteiger partial charge in [-0.3, -0.25) is 0 Å². The summed E-state index contributed by atoms with van der Waals surface area (Å²) in [6.45, 7) is 0. The van der Waals surface area contributed by atoms with E-state index in [1.807, 2.05) is 24.3 Å². The van der Waals surface area contributed by atoms with E-state index < -0.39 is 0 Å². The number of rotatable bonds is 3. The first-order chi connectivity index (χ1) is 10.3. The molecule has 2 aromatic heterocycles. The molecule has 0 aliphatic heterocycles. The summed E-state index contributed by atoms with van der Waals surface area (Å²) < 4.78 is 0. The zero-order valence-corrected chi connectivity index (χ0v) is 12.8. The lowest BCUT2D eigenvalue weighted by Crippen LogP contribution is -1.83. The molecule has 3 rings (SSSR count). The number of hydrogen-bond donors (Lipinski definition) is 1. The van der Waals surface area contributed by atoms with Crippen molar-refractivity contribution in [3.63, 3.8) is 0 Å². The van der Waals surface area contributed by atoms with E-state index in [0.717, 1.165) is 27.6 Å². The molecular formula is C14H11N5S2. The molecule has 0 atom stereocenters. The Morgan fingerprint density at radius 1 is 1.33 bits per heavy atom. The van der Waals surface area contributed by atoms with E-state index in [1.165, 1.54) is 0 Å². The highest BCUT2D eigenvalue weighted by Gasteiger charge is 2.02. The Morgan fingerprint density at radius 2 is 2.29 bits per heavy atom. The van der Waals surface area contributed by atoms with Crippen LogP contribution in [0, 0.1) is 11.8 Å². The zero-order chi connectivity index (χ0) is 14.5. The second kappa shape index (κ2) is 6.52. The van der Waals surface area contributed by atoms with E-state index in [4.69, 9.17) is 0 Å². The van der Waals surface area contributed by atoms with Gasteiger partial charge in [-0.25, -0.2) is 4.98 Å². The Bertz CT molecular complexity index is 783. The Hall–Kier alpha value is -2.17. The molecule has 0 amide bonds. The molecule has 7 heteroatoms. The van der Waals surface area contributed by atoms with Gasteiger partial charge in [0.15, 0.2) is 5.01 Å². The molecule has 0 unspecified atom stereocenters. The highest BCUT2D eigenvalue weighted by atomic mass is 32.2. The molecule has 0 saturated heterocycles. The van der Waals surface area contributed by atoms with Crippen LogP contribution in [-0.2, 0) is 5.75 Å². The van der Waals surface area contributed by atoms with Crippen molar-refractivity contribution in [3.05, 3.63) is 45.9 Å². The van der Waals surface area contributed by atoms with E-state index in [1.54, 1.807) is 23.1 Å². The van der Waals surface area contributed by atoms with Crippen LogP contribution in [0.3, 0.4) is 0 Å². The first-order valence-corrected chi connectivity index (χ1v) is 8.42. The smallest absolute Gasteiger partial charge is 0.204 e. The normalized spacial score (nSPS) is 10.1. The van der Waals surface area contributed by atoms with E-state index in [0.29, 0.717) is 5.82 Å². The number of aromatic nitrogens is 5. The molecule has 2 heterocycles. The summed E-state index contributed by atoms with van der Waals surface area (Å²) in [6, 6.07) is 7.74. The van der Waals surface area contributed by atoms with E-state index in [2.05, 4.69) is 49.1 Å². The number of aromatic amines is 1. The average Bonchev–Trinajstić information content (AvgIpc) is 3.18. The van der Waals surface area contributed by atoms with Crippen molar-refractivity contribution in [2.45, 2.75) is 5.75 Å². The molecule has 3 aromatic rings. The van der Waals surface area contributed by atoms with Crippen LogP contribution in [0.5, 0.6) is 0 Å². The van der Waals surface area contributed by atoms with E-state index >= 15 is 0 Å². The van der Waals surface area contributed by atoms with Gasteiger partial charge in [-0.15, -0.1) is 21.5 Å². The average molecular weight is 313 g/mol. The molecule has 0 aliphatic rings. The van der Waals surface area contributed by atoms with Crippen molar-refractivity contribution in [3.8, 4) is 23.2 Å². The first-order valence-electron chi connectivity index (χ1n) is 6.14. The number of hydrogen-bond acceptors (Lipinski definition) is 6. The van der Waals surface area contributed by atoms with Gasteiger partial charge >= 0.3 is 0 Å². The van der Waals surface area contributed by atoms with Crippen LogP contribution in [0.25, 0.3) is 11.4 Å². The van der Waals surface area contributed by atoms with Crippen molar-refractivity contribution in [1.29, 1.82) is 0 Å². The maximum Gasteiger partial charge on any atom is 0.204 e. The standard InChI is InChI=1S/C14H11N5S2/c1-20-8-12-9-21-13(15-12)6-5-10-3-2-4-11(7-10)14-16-18-19-17-14/h2-4,7,9H,8H2,1H3,(H,16,17,18,19). The fraction of sp³-hybridized carbons (Fsp3) is 0.143. The second-order valence-corrected chi connectivity index (χ2v) is 5.87. The van der Waals surface area contributed by atoms with E-state index in [9.17, 15) is 0 Å². The fourth-order valence-electron chi connectivity index (χ4n) is 1.72. The first kappa shape index (κ1) is 13.8. The molecule has 0 bridgehead atoms. The van der Waals surface area contributed by atoms with E-state index in [-0.39, 0.29) is 0 Å². The van der Waals surface area contributed by atoms with Gasteiger partial charge in [0.1, 0.15) is 0 Å². The maximum atomic E-state index is 4.47. The van der Waals surface area contributed by atoms with Crippen LogP contribution >= 0.6 is 23.1 Å². The molecule has 1 aromatic carbocycles. The van der Waals surface area contributed by atoms with Crippen LogP contribution < -0.4 is 0 Å². The van der Waals surface area contributed by atoms with Crippen molar-refractivity contribution in [1.82, 2.24) is 25.6 Å². The molecule has 0 radical (unpaired) electrons. The number of H-pyrrole nitrogens is 1. The highest BCUT2D eigenvalue weighted by Crippen LogP contribution is 2.15. The Morgan fingerprint density at radius 3 is 3.10 bits per heavy atom. The topological polar surface area (TPSA) is 67.3 Å². The van der Waals surface area contributed by atoms with Crippen molar-refractivity contribution < 1.29 is 0 Å². The molecule has 0 aliphatic carbocycles. The highest BCUT2D eigenvalue weighted by molar-refractivity contribution is 7.97. The Labute approximate surface area is 130 Å². The number of nitrogens with one attached hydrogen (secondary N) is 1. The molecule has 0 saturated carbocycles. The fourth-order valence-corrected chi connectivity index (χ4v) is 2.94. The molecular weight excluding hydrogens is 302 g/mol. The second-order valence-electron chi connectivity index (χ2n) is 4.14. The third-order valence-electron chi connectivity index (χ3n) is 2.62. The molecule has 0 spiro atoms. The van der Waals surface area contributed by atoms with Gasteiger partial charge in [0.25, 0.3) is 0 Å². The minimum absolute atomic E-state index is 0.565. The molecule has 21 heavy (non-hydrogen) atoms. The van der Waals surface area contributed by atoms with Gasteiger partial charge in [-0.2, -0.15) is 17.0 Å². The van der Waals surface area contributed by atoms with Gasteiger partial charge < -0.3 is 0 Å². The summed E-state index contributed by atoms with van der Waals surface area (Å²) in [4.78, 5) is 4.47. The summed E-state index contributed by atoms with van der Waals surface area (Å²) >= 11 is 3.33. The minimum Gasteiger partial charge on any atom is -0.232 e. The summed E-state index contributed by atoms with van der Waals surface area (Å²) in [6.07, 6.45) is 2.06. The molecule has 104 valence electrons. The number of nitrogens with zero attached hydrogens (tertiary/aromatic N) is 4. The van der Waals surface area contributed by atoms with Crippen molar-refractivity contribution >= 4 is 23.1 Å². The third kappa shape index (κ3) is 3.48. The number of benzene rings is 1. The quantitative estimate of drug-likeness (QED) is 0.753. The van der Waals surface area contributed by atoms with Crippen LogP contribution in [-0.4, -0.2) is 31.9 Å². The van der Waals surface area contributed by atoms with Crippen molar-refractivity contribution in [2.75, 3.05) is 6.26 Å². The lowest BCUT2D eigenvalue weighted by Gasteiger charge is -1.94. The monoisotopic (exact) mass is 313 g/mol. The van der Waals surface area contributed by atoms with Crippen LogP contribution in [0.4, 0.5) is 0 Å². The van der Waals surface area contributed by atoms with Gasteiger partial charge in [0.2, 0.25) is 5.82 Å².